The van der Waals surface area contributed by atoms with Crippen molar-refractivity contribution in [1.82, 2.24) is 4.98 Å². The molecule has 0 spiro atoms. The van der Waals surface area contributed by atoms with Crippen molar-refractivity contribution in [3.05, 3.63) is 80.3 Å². The van der Waals surface area contributed by atoms with Crippen LogP contribution in [-0.2, 0) is 6.61 Å². The molecule has 2 aromatic carbocycles. The van der Waals surface area contributed by atoms with Crippen molar-refractivity contribution in [2.75, 3.05) is 5.32 Å². The first-order chi connectivity index (χ1) is 12.9. The second-order valence-corrected chi connectivity index (χ2v) is 6.19. The third-order valence-electron chi connectivity index (χ3n) is 3.36. The number of carbonyl (C=O) groups excluding carboxylic acids is 1. The summed E-state index contributed by atoms with van der Waals surface area (Å²) in [4.78, 5) is 26.2. The van der Waals surface area contributed by atoms with Crippen LogP contribution in [0, 0.1) is 21.7 Å². The number of anilines is 1. The maximum Gasteiger partial charge on any atom is 0.306 e. The maximum atomic E-state index is 13.3. The summed E-state index contributed by atoms with van der Waals surface area (Å²) in [5.74, 6) is -1.51. The molecule has 138 valence electrons. The lowest BCUT2D eigenvalue weighted by Gasteiger charge is -2.04. The number of ether oxygens (including phenoxy) is 1. The number of benzene rings is 2. The number of amides is 1. The molecule has 0 bridgehead atoms. The molecular formula is C17H11F2N3O4S. The molecule has 0 atom stereocenters. The molecular weight excluding hydrogens is 380 g/mol. The van der Waals surface area contributed by atoms with Crippen molar-refractivity contribution < 1.29 is 23.2 Å². The molecule has 0 saturated heterocycles. The van der Waals surface area contributed by atoms with E-state index in [2.05, 4.69) is 10.3 Å². The quantitative estimate of drug-likeness (QED) is 0.503. The van der Waals surface area contributed by atoms with Gasteiger partial charge in [-0.2, -0.15) is 4.39 Å². The van der Waals surface area contributed by atoms with E-state index in [1.54, 1.807) is 0 Å². The summed E-state index contributed by atoms with van der Waals surface area (Å²) >= 11 is 1.18. The Morgan fingerprint density at radius 1 is 1.22 bits per heavy atom. The van der Waals surface area contributed by atoms with Crippen molar-refractivity contribution in [3.63, 3.8) is 0 Å². The number of aromatic nitrogens is 1. The zero-order chi connectivity index (χ0) is 19.4. The van der Waals surface area contributed by atoms with Crippen molar-refractivity contribution >= 4 is 28.6 Å². The van der Waals surface area contributed by atoms with Crippen molar-refractivity contribution in [2.24, 2.45) is 0 Å². The third-order valence-corrected chi connectivity index (χ3v) is 4.18. The van der Waals surface area contributed by atoms with Gasteiger partial charge in [-0.05, 0) is 36.4 Å². The average molecular weight is 391 g/mol. The minimum absolute atomic E-state index is 0.0743. The van der Waals surface area contributed by atoms with Gasteiger partial charge in [-0.15, -0.1) is 11.3 Å². The smallest absolute Gasteiger partial charge is 0.306 e. The summed E-state index contributed by atoms with van der Waals surface area (Å²) in [7, 11) is 0. The van der Waals surface area contributed by atoms with Crippen molar-refractivity contribution in [3.8, 4) is 5.75 Å². The number of hydrogen-bond donors (Lipinski definition) is 1. The highest BCUT2D eigenvalue weighted by Gasteiger charge is 2.17. The van der Waals surface area contributed by atoms with E-state index >= 15 is 0 Å². The molecule has 1 N–H and O–H groups in total. The Hall–Kier alpha value is -3.40. The van der Waals surface area contributed by atoms with Crippen LogP contribution in [0.1, 0.15) is 15.5 Å². The molecule has 0 aliphatic rings. The SMILES string of the molecule is O=C(Nc1ccc(F)c([N+](=O)[O-])c1)c1csc(COc2ccc(F)cc2)n1. The van der Waals surface area contributed by atoms with Crippen LogP contribution in [0.3, 0.4) is 0 Å². The summed E-state index contributed by atoms with van der Waals surface area (Å²) in [5.41, 5.74) is -0.575. The van der Waals surface area contributed by atoms with Gasteiger partial charge in [0.25, 0.3) is 5.91 Å². The van der Waals surface area contributed by atoms with E-state index in [4.69, 9.17) is 4.74 Å². The summed E-state index contributed by atoms with van der Waals surface area (Å²) in [5, 5.41) is 15.2. The van der Waals surface area contributed by atoms with Crippen LogP contribution in [0.25, 0.3) is 0 Å². The highest BCUT2D eigenvalue weighted by Crippen LogP contribution is 2.22. The molecule has 0 unspecified atom stereocenters. The molecule has 1 heterocycles. The molecule has 10 heteroatoms. The molecule has 3 aromatic rings. The number of rotatable bonds is 6. The number of halogens is 2. The Kier molecular flexibility index (Phi) is 5.36. The fraction of sp³-hybridized carbons (Fsp3) is 0.0588. The topological polar surface area (TPSA) is 94.4 Å². The molecule has 0 radical (unpaired) electrons. The van der Waals surface area contributed by atoms with Gasteiger partial charge in [0.1, 0.15) is 28.9 Å². The standard InChI is InChI=1S/C17H11F2N3O4S/c18-10-1-4-12(5-2-10)26-8-16-21-14(9-27-16)17(23)20-11-3-6-13(19)15(7-11)22(24)25/h1-7,9H,8H2,(H,20,23). The molecule has 0 aliphatic heterocycles. The van der Waals surface area contributed by atoms with Crippen LogP contribution in [0.15, 0.2) is 47.8 Å². The maximum absolute atomic E-state index is 13.3. The van der Waals surface area contributed by atoms with Gasteiger partial charge in [0.15, 0.2) is 0 Å². The van der Waals surface area contributed by atoms with E-state index in [1.807, 2.05) is 0 Å². The van der Waals surface area contributed by atoms with Crippen LogP contribution in [0.4, 0.5) is 20.2 Å². The molecule has 3 rings (SSSR count). The molecule has 0 aliphatic carbocycles. The second-order valence-electron chi connectivity index (χ2n) is 5.25. The van der Waals surface area contributed by atoms with Crippen molar-refractivity contribution in [2.45, 2.75) is 6.61 Å². The van der Waals surface area contributed by atoms with Crippen LogP contribution in [0.5, 0.6) is 5.75 Å². The first-order valence-electron chi connectivity index (χ1n) is 7.50. The molecule has 0 fully saturated rings. The van der Waals surface area contributed by atoms with Crippen LogP contribution < -0.4 is 10.1 Å². The van der Waals surface area contributed by atoms with E-state index in [9.17, 15) is 23.7 Å². The van der Waals surface area contributed by atoms with E-state index < -0.39 is 22.3 Å². The molecule has 27 heavy (non-hydrogen) atoms. The van der Waals surface area contributed by atoms with Gasteiger partial charge in [-0.3, -0.25) is 14.9 Å². The summed E-state index contributed by atoms with van der Waals surface area (Å²) < 4.78 is 31.6. The summed E-state index contributed by atoms with van der Waals surface area (Å²) in [6.07, 6.45) is 0. The zero-order valence-electron chi connectivity index (χ0n) is 13.5. The zero-order valence-corrected chi connectivity index (χ0v) is 14.3. The Morgan fingerprint density at radius 3 is 2.67 bits per heavy atom. The summed E-state index contributed by atoms with van der Waals surface area (Å²) in [6, 6.07) is 8.51. The molecule has 0 saturated carbocycles. The minimum atomic E-state index is -0.994. The molecule has 7 nitrogen and oxygen atoms in total. The van der Waals surface area contributed by atoms with Gasteiger partial charge >= 0.3 is 5.69 Å². The Bertz CT molecular complexity index is 992. The largest absolute Gasteiger partial charge is 0.486 e. The number of carbonyl (C=O) groups is 1. The normalized spacial score (nSPS) is 10.4. The highest BCUT2D eigenvalue weighted by molar-refractivity contribution is 7.09. The number of nitrogens with one attached hydrogen (secondary N) is 1. The molecule has 1 aromatic heterocycles. The predicted octanol–water partition coefficient (Wildman–Crippen LogP) is 4.16. The molecule has 1 amide bonds. The van der Waals surface area contributed by atoms with E-state index in [0.29, 0.717) is 10.8 Å². The number of nitro benzene ring substituents is 1. The van der Waals surface area contributed by atoms with Crippen LogP contribution in [-0.4, -0.2) is 15.8 Å². The van der Waals surface area contributed by atoms with E-state index in [1.165, 1.54) is 47.0 Å². The monoisotopic (exact) mass is 391 g/mol. The lowest BCUT2D eigenvalue weighted by molar-refractivity contribution is -0.387. The van der Waals surface area contributed by atoms with Gasteiger partial charge in [-0.25, -0.2) is 9.37 Å². The van der Waals surface area contributed by atoms with Gasteiger partial charge in [-0.1, -0.05) is 0 Å². The first-order valence-corrected chi connectivity index (χ1v) is 8.38. The number of nitro groups is 1. The number of thiazole rings is 1. The van der Waals surface area contributed by atoms with Crippen molar-refractivity contribution in [1.29, 1.82) is 0 Å². The third kappa shape index (κ3) is 4.61. The fourth-order valence-electron chi connectivity index (χ4n) is 2.08. The Balaban J connectivity index is 1.63. The Morgan fingerprint density at radius 2 is 1.96 bits per heavy atom. The highest BCUT2D eigenvalue weighted by atomic mass is 32.1. The van der Waals surface area contributed by atoms with Gasteiger partial charge < -0.3 is 10.1 Å². The number of hydrogen-bond acceptors (Lipinski definition) is 6. The minimum Gasteiger partial charge on any atom is -0.486 e. The average Bonchev–Trinajstić information content (AvgIpc) is 3.12. The predicted molar refractivity (Wildman–Crippen MR) is 93.9 cm³/mol. The second kappa shape index (κ2) is 7.87. The van der Waals surface area contributed by atoms with Gasteiger partial charge in [0.05, 0.1) is 4.92 Å². The number of nitrogens with zero attached hydrogens (tertiary/aromatic N) is 2. The van der Waals surface area contributed by atoms with E-state index in [-0.39, 0.29) is 23.8 Å². The lowest BCUT2D eigenvalue weighted by atomic mass is 10.2. The van der Waals surface area contributed by atoms with Crippen LogP contribution >= 0.6 is 11.3 Å². The van der Waals surface area contributed by atoms with Gasteiger partial charge in [0, 0.05) is 17.1 Å². The fourth-order valence-corrected chi connectivity index (χ4v) is 2.77. The van der Waals surface area contributed by atoms with Crippen LogP contribution in [0.2, 0.25) is 0 Å². The van der Waals surface area contributed by atoms with E-state index in [0.717, 1.165) is 12.1 Å². The van der Waals surface area contributed by atoms with Gasteiger partial charge in [0.2, 0.25) is 5.82 Å². The first kappa shape index (κ1) is 18.4. The lowest BCUT2D eigenvalue weighted by Crippen LogP contribution is -2.13. The summed E-state index contributed by atoms with van der Waals surface area (Å²) in [6.45, 7) is 0.0889. The Labute approximate surface area is 155 Å².